The summed E-state index contributed by atoms with van der Waals surface area (Å²) in [6.45, 7) is 3.03. The van der Waals surface area contributed by atoms with Crippen molar-refractivity contribution in [1.29, 1.82) is 0 Å². The number of ether oxygens (including phenoxy) is 1. The normalized spacial score (nSPS) is 21.0. The first-order valence-corrected chi connectivity index (χ1v) is 8.51. The van der Waals surface area contributed by atoms with Crippen LogP contribution in [-0.4, -0.2) is 43.3 Å². The van der Waals surface area contributed by atoms with E-state index < -0.39 is 0 Å². The van der Waals surface area contributed by atoms with E-state index in [1.54, 1.807) is 16.2 Å². The van der Waals surface area contributed by atoms with Gasteiger partial charge < -0.3 is 15.0 Å². The molecule has 7 heteroatoms. The molecule has 114 valence electrons. The first kappa shape index (κ1) is 12.5. The Morgan fingerprint density at radius 1 is 1.32 bits per heavy atom. The Morgan fingerprint density at radius 3 is 3.00 bits per heavy atom. The molecule has 0 atom stereocenters. The zero-order valence-corrected chi connectivity index (χ0v) is 12.9. The van der Waals surface area contributed by atoms with E-state index in [9.17, 15) is 4.79 Å². The number of carbonyl (C=O) groups is 1. The molecule has 1 saturated heterocycles. The highest BCUT2D eigenvalue weighted by molar-refractivity contribution is 7.22. The Labute approximate surface area is 131 Å². The number of fused-ring (bicyclic) bond motifs is 3. The molecule has 1 N–H and O–H groups in total. The van der Waals surface area contributed by atoms with Crippen LogP contribution in [0, 0.1) is 0 Å². The van der Waals surface area contributed by atoms with Gasteiger partial charge in [0.15, 0.2) is 5.13 Å². The third-order valence-corrected chi connectivity index (χ3v) is 5.48. The number of hydrogen-bond acceptors (Lipinski definition) is 5. The highest BCUT2D eigenvalue weighted by Crippen LogP contribution is 2.45. The second-order valence-electron chi connectivity index (χ2n) is 5.91. The zero-order valence-electron chi connectivity index (χ0n) is 12.0. The van der Waals surface area contributed by atoms with Crippen LogP contribution in [-0.2, 0) is 0 Å². The molecule has 3 heterocycles. The van der Waals surface area contributed by atoms with Crippen molar-refractivity contribution in [2.75, 3.05) is 36.0 Å². The molecule has 5 rings (SSSR count). The highest BCUT2D eigenvalue weighted by atomic mass is 32.1. The first-order valence-electron chi connectivity index (χ1n) is 7.69. The fraction of sp³-hybridized carbons (Fsp3) is 0.467. The molecule has 1 aromatic carbocycles. The van der Waals surface area contributed by atoms with Crippen LogP contribution in [0.2, 0.25) is 0 Å². The number of benzene rings is 1. The summed E-state index contributed by atoms with van der Waals surface area (Å²) in [5.74, 6) is 0.924. The van der Waals surface area contributed by atoms with E-state index in [4.69, 9.17) is 9.72 Å². The number of hydrogen-bond donors (Lipinski definition) is 1. The van der Waals surface area contributed by atoms with E-state index in [2.05, 4.69) is 16.3 Å². The van der Waals surface area contributed by atoms with Gasteiger partial charge in [0.1, 0.15) is 23.6 Å². The number of urea groups is 1. The Balaban J connectivity index is 1.66. The largest absolute Gasteiger partial charge is 0.489 e. The van der Waals surface area contributed by atoms with Gasteiger partial charge in [-0.05, 0) is 25.0 Å². The summed E-state index contributed by atoms with van der Waals surface area (Å²) in [6, 6.07) is 4.68. The quantitative estimate of drug-likeness (QED) is 0.923. The summed E-state index contributed by atoms with van der Waals surface area (Å²) >= 11 is 1.58. The average molecular weight is 316 g/mol. The number of carbonyl (C=O) groups excluding carboxylic acids is 1. The molecule has 2 aromatic rings. The number of nitrogens with one attached hydrogen (secondary N) is 1. The van der Waals surface area contributed by atoms with Crippen LogP contribution < -0.4 is 19.9 Å². The minimum Gasteiger partial charge on any atom is -0.489 e. The minimum absolute atomic E-state index is 0.0526. The van der Waals surface area contributed by atoms with Crippen molar-refractivity contribution in [2.45, 2.75) is 18.9 Å². The van der Waals surface area contributed by atoms with E-state index in [1.807, 2.05) is 6.07 Å². The number of nitrogens with zero attached hydrogens (tertiary/aromatic N) is 3. The lowest BCUT2D eigenvalue weighted by Gasteiger charge is -2.31. The van der Waals surface area contributed by atoms with Crippen molar-refractivity contribution in [2.24, 2.45) is 0 Å². The number of anilines is 2. The van der Waals surface area contributed by atoms with Crippen molar-refractivity contribution >= 4 is 38.4 Å². The van der Waals surface area contributed by atoms with E-state index in [1.165, 1.54) is 12.8 Å². The number of aromatic nitrogens is 1. The van der Waals surface area contributed by atoms with Crippen LogP contribution in [0.25, 0.3) is 10.2 Å². The van der Waals surface area contributed by atoms with Gasteiger partial charge in [0.25, 0.3) is 0 Å². The minimum atomic E-state index is -0.0526. The second kappa shape index (κ2) is 4.49. The first-order chi connectivity index (χ1) is 10.8. The Bertz CT molecular complexity index is 770. The molecule has 1 aromatic heterocycles. The SMILES string of the molecule is O=C1NCCN1c1nc2c3c(ccc2s1)OCCN3C1CC1. The molecular formula is C15H16N4O2S. The lowest BCUT2D eigenvalue weighted by atomic mass is 10.2. The number of thiazole rings is 1. The lowest BCUT2D eigenvalue weighted by Crippen LogP contribution is -2.34. The van der Waals surface area contributed by atoms with E-state index in [0.29, 0.717) is 19.1 Å². The van der Waals surface area contributed by atoms with Crippen molar-refractivity contribution in [1.82, 2.24) is 10.3 Å². The molecule has 1 saturated carbocycles. The van der Waals surface area contributed by atoms with E-state index in [0.717, 1.165) is 39.9 Å². The highest BCUT2D eigenvalue weighted by Gasteiger charge is 2.35. The molecule has 2 amide bonds. The lowest BCUT2D eigenvalue weighted by molar-refractivity contribution is 0.252. The van der Waals surface area contributed by atoms with Gasteiger partial charge in [-0.1, -0.05) is 11.3 Å². The third kappa shape index (κ3) is 1.78. The molecule has 3 aliphatic rings. The van der Waals surface area contributed by atoms with Crippen LogP contribution >= 0.6 is 11.3 Å². The van der Waals surface area contributed by atoms with Crippen LogP contribution in [0.3, 0.4) is 0 Å². The van der Waals surface area contributed by atoms with Gasteiger partial charge in [-0.15, -0.1) is 0 Å². The molecular weight excluding hydrogens is 300 g/mol. The number of rotatable bonds is 2. The summed E-state index contributed by atoms with van der Waals surface area (Å²) in [5.41, 5.74) is 2.09. The predicted molar refractivity (Wildman–Crippen MR) is 86.2 cm³/mol. The zero-order chi connectivity index (χ0) is 14.7. The maximum Gasteiger partial charge on any atom is 0.323 e. The van der Waals surface area contributed by atoms with Crippen LogP contribution in [0.5, 0.6) is 5.75 Å². The van der Waals surface area contributed by atoms with Crippen LogP contribution in [0.1, 0.15) is 12.8 Å². The van der Waals surface area contributed by atoms with Crippen molar-refractivity contribution in [3.05, 3.63) is 12.1 Å². The topological polar surface area (TPSA) is 57.7 Å². The number of amides is 2. The van der Waals surface area contributed by atoms with Gasteiger partial charge in [-0.25, -0.2) is 9.78 Å². The van der Waals surface area contributed by atoms with Gasteiger partial charge in [-0.3, -0.25) is 4.90 Å². The predicted octanol–water partition coefficient (Wildman–Crippen LogP) is 2.19. The van der Waals surface area contributed by atoms with Gasteiger partial charge in [0.05, 0.1) is 11.2 Å². The van der Waals surface area contributed by atoms with Crippen molar-refractivity contribution in [3.63, 3.8) is 0 Å². The molecule has 6 nitrogen and oxygen atoms in total. The second-order valence-corrected chi connectivity index (χ2v) is 6.92. The summed E-state index contributed by atoms with van der Waals surface area (Å²) in [4.78, 5) is 20.8. The standard InChI is InChI=1S/C15H16N4O2S/c20-14-16-5-6-19(14)15-17-12-11(22-15)4-3-10-13(12)18(7-8-21-10)9-1-2-9/h3-4,9H,1-2,5-8H2,(H,16,20). The fourth-order valence-electron chi connectivity index (χ4n) is 3.23. The maximum absolute atomic E-state index is 11.9. The van der Waals surface area contributed by atoms with Gasteiger partial charge in [-0.2, -0.15) is 0 Å². The molecule has 1 aliphatic carbocycles. The third-order valence-electron chi connectivity index (χ3n) is 4.44. The summed E-state index contributed by atoms with van der Waals surface area (Å²) in [5, 5.41) is 3.61. The average Bonchev–Trinajstić information content (AvgIpc) is 3.15. The van der Waals surface area contributed by atoms with Gasteiger partial charge in [0.2, 0.25) is 0 Å². The summed E-state index contributed by atoms with van der Waals surface area (Å²) in [6.07, 6.45) is 2.50. The Morgan fingerprint density at radius 2 is 2.23 bits per heavy atom. The molecule has 0 unspecified atom stereocenters. The smallest absolute Gasteiger partial charge is 0.323 e. The van der Waals surface area contributed by atoms with E-state index >= 15 is 0 Å². The maximum atomic E-state index is 11.9. The van der Waals surface area contributed by atoms with Crippen LogP contribution in [0.15, 0.2) is 12.1 Å². The van der Waals surface area contributed by atoms with Gasteiger partial charge in [0, 0.05) is 19.1 Å². The molecule has 0 radical (unpaired) electrons. The summed E-state index contributed by atoms with van der Waals surface area (Å²) in [7, 11) is 0. The fourth-order valence-corrected chi connectivity index (χ4v) is 4.22. The summed E-state index contributed by atoms with van der Waals surface area (Å²) < 4.78 is 6.94. The van der Waals surface area contributed by atoms with Crippen molar-refractivity contribution in [3.8, 4) is 5.75 Å². The molecule has 2 aliphatic heterocycles. The van der Waals surface area contributed by atoms with Crippen LogP contribution in [0.4, 0.5) is 15.6 Å². The Kier molecular flexibility index (Phi) is 2.55. The molecule has 22 heavy (non-hydrogen) atoms. The van der Waals surface area contributed by atoms with Crippen molar-refractivity contribution < 1.29 is 9.53 Å². The molecule has 0 bridgehead atoms. The molecule has 2 fully saturated rings. The monoisotopic (exact) mass is 316 g/mol. The molecule has 0 spiro atoms. The van der Waals surface area contributed by atoms with Gasteiger partial charge >= 0.3 is 6.03 Å². The Hall–Kier alpha value is -2.02. The van der Waals surface area contributed by atoms with E-state index in [-0.39, 0.29) is 6.03 Å².